The first-order valence-electron chi connectivity index (χ1n) is 7.70. The van der Waals surface area contributed by atoms with Crippen LogP contribution in [-0.2, 0) is 5.41 Å². The van der Waals surface area contributed by atoms with Gasteiger partial charge < -0.3 is 0 Å². The van der Waals surface area contributed by atoms with Crippen molar-refractivity contribution in [2.75, 3.05) is 0 Å². The molecule has 0 heterocycles. The molecule has 3 aliphatic carbocycles. The lowest BCUT2D eigenvalue weighted by molar-refractivity contribution is -0.0483. The molecule has 1 aromatic rings. The van der Waals surface area contributed by atoms with Crippen LogP contribution in [0.2, 0.25) is 0 Å². The Hall–Kier alpha value is -0.780. The van der Waals surface area contributed by atoms with Gasteiger partial charge in [-0.25, -0.2) is 0 Å². The number of benzene rings is 1. The van der Waals surface area contributed by atoms with Crippen LogP contribution in [0.3, 0.4) is 0 Å². The van der Waals surface area contributed by atoms with Gasteiger partial charge >= 0.3 is 0 Å². The second kappa shape index (κ2) is 3.03. The first kappa shape index (κ1) is 11.1. The van der Waals surface area contributed by atoms with Gasteiger partial charge in [0.2, 0.25) is 0 Å². The average molecular weight is 240 g/mol. The van der Waals surface area contributed by atoms with Crippen LogP contribution in [0.1, 0.15) is 52.0 Å². The van der Waals surface area contributed by atoms with Gasteiger partial charge in [-0.3, -0.25) is 0 Å². The third-order valence-electron chi connectivity index (χ3n) is 7.32. The number of hydrogen-bond acceptors (Lipinski definition) is 0. The molecule has 0 unspecified atom stereocenters. The van der Waals surface area contributed by atoms with E-state index in [0.29, 0.717) is 16.2 Å². The molecule has 0 spiro atoms. The monoisotopic (exact) mass is 240 g/mol. The molecule has 4 rings (SSSR count). The molecule has 0 heteroatoms. The Kier molecular flexibility index (Phi) is 1.86. The number of hydrogen-bond donors (Lipinski definition) is 0. The third-order valence-corrected chi connectivity index (χ3v) is 7.32. The van der Waals surface area contributed by atoms with Crippen molar-refractivity contribution >= 4 is 0 Å². The highest BCUT2D eigenvalue weighted by Gasteiger charge is 2.95. The van der Waals surface area contributed by atoms with Gasteiger partial charge in [-0.05, 0) is 47.5 Å². The van der Waals surface area contributed by atoms with E-state index in [-0.39, 0.29) is 0 Å². The molecule has 0 nitrogen and oxygen atoms in total. The van der Waals surface area contributed by atoms with Crippen LogP contribution < -0.4 is 0 Å². The lowest BCUT2D eigenvalue weighted by Crippen LogP contribution is -2.54. The van der Waals surface area contributed by atoms with E-state index in [2.05, 4.69) is 51.1 Å². The normalized spacial score (nSPS) is 51.7. The van der Waals surface area contributed by atoms with Gasteiger partial charge in [-0.2, -0.15) is 0 Å². The minimum atomic E-state index is 0.542. The van der Waals surface area contributed by atoms with Crippen LogP contribution in [0.5, 0.6) is 0 Å². The van der Waals surface area contributed by atoms with E-state index < -0.39 is 0 Å². The zero-order chi connectivity index (χ0) is 12.6. The molecule has 3 aliphatic rings. The molecular formula is C18H24. The topological polar surface area (TPSA) is 0 Å². The third kappa shape index (κ3) is 0.770. The molecule has 0 aliphatic heterocycles. The summed E-state index contributed by atoms with van der Waals surface area (Å²) in [5, 5.41) is 0. The summed E-state index contributed by atoms with van der Waals surface area (Å²) in [5.74, 6) is 2.04. The maximum atomic E-state index is 2.59. The average Bonchev–Trinajstić information content (AvgIpc) is 2.69. The Bertz CT molecular complexity index is 490. The van der Waals surface area contributed by atoms with E-state index in [1.54, 1.807) is 5.56 Å². The molecule has 0 radical (unpaired) electrons. The fourth-order valence-corrected chi connectivity index (χ4v) is 6.65. The molecule has 0 aromatic heterocycles. The smallest absolute Gasteiger partial charge is 0.0105 e. The van der Waals surface area contributed by atoms with Crippen molar-refractivity contribution in [1.82, 2.24) is 0 Å². The fraction of sp³-hybridized carbons (Fsp3) is 0.667. The largest absolute Gasteiger partial charge is 0.0654 e. The van der Waals surface area contributed by atoms with Crippen LogP contribution in [0, 0.1) is 22.7 Å². The van der Waals surface area contributed by atoms with Crippen molar-refractivity contribution in [1.29, 1.82) is 0 Å². The molecule has 3 fully saturated rings. The summed E-state index contributed by atoms with van der Waals surface area (Å²) in [4.78, 5) is 0. The summed E-state index contributed by atoms with van der Waals surface area (Å²) in [6.07, 6.45) is 5.72. The van der Waals surface area contributed by atoms with Crippen molar-refractivity contribution in [3.8, 4) is 0 Å². The summed E-state index contributed by atoms with van der Waals surface area (Å²) in [6.45, 7) is 7.53. The zero-order valence-corrected chi connectivity index (χ0v) is 11.9. The van der Waals surface area contributed by atoms with Gasteiger partial charge in [0.05, 0.1) is 0 Å². The molecule has 0 N–H and O–H groups in total. The Labute approximate surface area is 111 Å². The van der Waals surface area contributed by atoms with Crippen molar-refractivity contribution in [2.24, 2.45) is 22.7 Å². The Morgan fingerprint density at radius 2 is 1.72 bits per heavy atom. The minimum Gasteiger partial charge on any atom is -0.0654 e. The summed E-state index contributed by atoms with van der Waals surface area (Å²) in [5.41, 5.74) is 3.37. The van der Waals surface area contributed by atoms with Crippen molar-refractivity contribution < 1.29 is 0 Å². The van der Waals surface area contributed by atoms with Crippen molar-refractivity contribution in [3.05, 3.63) is 35.9 Å². The molecule has 96 valence electrons. The van der Waals surface area contributed by atoms with Gasteiger partial charge in [0.25, 0.3) is 0 Å². The molecular weight excluding hydrogens is 216 g/mol. The van der Waals surface area contributed by atoms with Crippen LogP contribution in [0.15, 0.2) is 30.3 Å². The van der Waals surface area contributed by atoms with E-state index in [1.165, 1.54) is 25.7 Å². The highest BCUT2D eigenvalue weighted by Crippen LogP contribution is 2.97. The molecule has 0 saturated heterocycles. The maximum Gasteiger partial charge on any atom is 0.0105 e. The number of fused-ring (bicyclic) bond motifs is 4. The highest BCUT2D eigenvalue weighted by atomic mass is 15.0. The summed E-state index contributed by atoms with van der Waals surface area (Å²) < 4.78 is 0. The quantitative estimate of drug-likeness (QED) is 0.712. The van der Waals surface area contributed by atoms with E-state index in [4.69, 9.17) is 0 Å². The fourth-order valence-electron chi connectivity index (χ4n) is 6.65. The Morgan fingerprint density at radius 3 is 2.28 bits per heavy atom. The highest BCUT2D eigenvalue weighted by molar-refractivity contribution is 5.55. The molecule has 1 aromatic carbocycles. The van der Waals surface area contributed by atoms with Gasteiger partial charge in [0, 0.05) is 5.41 Å². The SMILES string of the molecule is CCC[C@]1(C)[C@@]2(C)[C@H]3CC[C@@H]3[C@]12c1ccccc1. The predicted octanol–water partition coefficient (Wildman–Crippen LogP) is 4.79. The van der Waals surface area contributed by atoms with E-state index in [0.717, 1.165) is 11.8 Å². The van der Waals surface area contributed by atoms with E-state index in [1.807, 2.05) is 0 Å². The second-order valence-electron chi connectivity index (χ2n) is 7.25. The van der Waals surface area contributed by atoms with Crippen LogP contribution in [0.4, 0.5) is 0 Å². The van der Waals surface area contributed by atoms with Crippen LogP contribution in [0.25, 0.3) is 0 Å². The lowest BCUT2D eigenvalue weighted by atomic mass is 9.46. The minimum absolute atomic E-state index is 0.542. The van der Waals surface area contributed by atoms with E-state index in [9.17, 15) is 0 Å². The lowest BCUT2D eigenvalue weighted by Gasteiger charge is -2.58. The summed E-state index contributed by atoms with van der Waals surface area (Å²) in [6, 6.07) is 11.4. The molecule has 0 amide bonds. The maximum absolute atomic E-state index is 2.59. The molecule has 0 bridgehead atoms. The molecule has 18 heavy (non-hydrogen) atoms. The first-order chi connectivity index (χ1) is 8.64. The van der Waals surface area contributed by atoms with Crippen molar-refractivity contribution in [2.45, 2.75) is 51.9 Å². The Balaban J connectivity index is 1.84. The predicted molar refractivity (Wildman–Crippen MR) is 75.5 cm³/mol. The van der Waals surface area contributed by atoms with E-state index >= 15 is 0 Å². The van der Waals surface area contributed by atoms with Gasteiger partial charge in [0.15, 0.2) is 0 Å². The second-order valence-corrected chi connectivity index (χ2v) is 7.25. The van der Waals surface area contributed by atoms with Crippen LogP contribution >= 0.6 is 0 Å². The zero-order valence-electron chi connectivity index (χ0n) is 11.9. The molecule has 5 atom stereocenters. The van der Waals surface area contributed by atoms with Gasteiger partial charge in [-0.1, -0.05) is 57.5 Å². The molecule has 3 saturated carbocycles. The summed E-state index contributed by atoms with van der Waals surface area (Å²) >= 11 is 0. The van der Waals surface area contributed by atoms with Gasteiger partial charge in [0.1, 0.15) is 0 Å². The van der Waals surface area contributed by atoms with Gasteiger partial charge in [-0.15, -0.1) is 0 Å². The Morgan fingerprint density at radius 1 is 1.06 bits per heavy atom. The standard InChI is InChI=1S/C18H24/c1-4-12-16(2)17(3)14-10-11-15(14)18(16,17)13-8-6-5-7-9-13/h5-9,14-15H,4,10-12H2,1-3H3/t14-,15-,16+,17+,18+/m0/s1. The summed E-state index contributed by atoms with van der Waals surface area (Å²) in [7, 11) is 0. The van der Waals surface area contributed by atoms with Crippen molar-refractivity contribution in [3.63, 3.8) is 0 Å². The number of rotatable bonds is 3. The first-order valence-corrected chi connectivity index (χ1v) is 7.70. The van der Waals surface area contributed by atoms with Crippen LogP contribution in [-0.4, -0.2) is 0 Å².